The summed E-state index contributed by atoms with van der Waals surface area (Å²) in [7, 11) is 1.94. The first kappa shape index (κ1) is 9.05. The molecule has 5 nitrogen and oxygen atoms in total. The highest BCUT2D eigenvalue weighted by Crippen LogP contribution is 2.24. The lowest BCUT2D eigenvalue weighted by atomic mass is 9.97. The van der Waals surface area contributed by atoms with Crippen molar-refractivity contribution < 1.29 is 9.90 Å². The van der Waals surface area contributed by atoms with E-state index in [1.807, 2.05) is 17.8 Å². The van der Waals surface area contributed by atoms with Crippen LogP contribution >= 0.6 is 0 Å². The fraction of sp³-hybridized carbons (Fsp3) is 0.556. The van der Waals surface area contributed by atoms with E-state index in [1.54, 1.807) is 6.20 Å². The van der Waals surface area contributed by atoms with Gasteiger partial charge in [-0.2, -0.15) is 0 Å². The molecule has 1 N–H and O–H groups in total. The fourth-order valence-electron chi connectivity index (χ4n) is 1.77. The monoisotopic (exact) mass is 195 g/mol. The second-order valence-electron chi connectivity index (χ2n) is 3.71. The van der Waals surface area contributed by atoms with Crippen LogP contribution in [0.25, 0.3) is 0 Å². The molecule has 0 atom stereocenters. The molecule has 5 heteroatoms. The molecule has 0 amide bonds. The highest BCUT2D eigenvalue weighted by atomic mass is 16.4. The summed E-state index contributed by atoms with van der Waals surface area (Å²) in [5.74, 6) is 0.491. The first-order valence-electron chi connectivity index (χ1n) is 4.61. The maximum absolute atomic E-state index is 10.4. The number of carboxylic acid groups (broad SMARTS) is 1. The molecular formula is C9H13N3O2. The summed E-state index contributed by atoms with van der Waals surface area (Å²) < 4.78 is 1.94. The van der Waals surface area contributed by atoms with Crippen molar-refractivity contribution in [2.24, 2.45) is 13.0 Å². The zero-order valence-corrected chi connectivity index (χ0v) is 8.05. The lowest BCUT2D eigenvalue weighted by Crippen LogP contribution is -2.48. The lowest BCUT2D eigenvalue weighted by Gasteiger charge is -2.39. The highest BCUT2D eigenvalue weighted by Gasteiger charge is 2.30. The van der Waals surface area contributed by atoms with Crippen LogP contribution in [0.15, 0.2) is 12.4 Å². The summed E-state index contributed by atoms with van der Waals surface area (Å²) >= 11 is 0. The van der Waals surface area contributed by atoms with Crippen molar-refractivity contribution in [2.75, 3.05) is 18.0 Å². The molecule has 1 saturated heterocycles. The summed E-state index contributed by atoms with van der Waals surface area (Å²) in [6, 6.07) is 0. The largest absolute Gasteiger partial charge is 0.481 e. The van der Waals surface area contributed by atoms with Gasteiger partial charge in [0.25, 0.3) is 0 Å². The molecule has 0 spiro atoms. The molecule has 0 radical (unpaired) electrons. The van der Waals surface area contributed by atoms with Crippen LogP contribution in [0.1, 0.15) is 6.42 Å². The Bertz CT molecular complexity index is 342. The quantitative estimate of drug-likeness (QED) is 0.755. The average Bonchev–Trinajstić information content (AvgIpc) is 2.42. The van der Waals surface area contributed by atoms with Gasteiger partial charge in [-0.15, -0.1) is 0 Å². The number of aryl methyl sites for hydroxylation is 1. The van der Waals surface area contributed by atoms with E-state index in [0.717, 1.165) is 19.0 Å². The van der Waals surface area contributed by atoms with Gasteiger partial charge < -0.3 is 14.6 Å². The van der Waals surface area contributed by atoms with E-state index < -0.39 is 5.97 Å². The summed E-state index contributed by atoms with van der Waals surface area (Å²) in [6.07, 6.45) is 3.90. The zero-order chi connectivity index (χ0) is 10.1. The molecule has 2 rings (SSSR count). The number of aromatic nitrogens is 2. The molecule has 1 aromatic heterocycles. The number of imidazole rings is 1. The number of anilines is 1. The van der Waals surface area contributed by atoms with Crippen molar-refractivity contribution in [1.82, 2.24) is 9.55 Å². The van der Waals surface area contributed by atoms with Crippen LogP contribution < -0.4 is 4.90 Å². The molecular weight excluding hydrogens is 182 g/mol. The third-order valence-corrected chi connectivity index (χ3v) is 2.50. The molecule has 0 aromatic carbocycles. The normalized spacial score (nSPS) is 16.8. The minimum absolute atomic E-state index is 0.265. The smallest absolute Gasteiger partial charge is 0.303 e. The highest BCUT2D eigenvalue weighted by molar-refractivity contribution is 5.67. The summed E-state index contributed by atoms with van der Waals surface area (Å²) in [5.41, 5.74) is 0. The number of aliphatic carboxylic acids is 1. The predicted molar refractivity (Wildman–Crippen MR) is 51.2 cm³/mol. The molecule has 0 bridgehead atoms. The second kappa shape index (κ2) is 3.32. The van der Waals surface area contributed by atoms with Crippen molar-refractivity contribution in [3.63, 3.8) is 0 Å². The van der Waals surface area contributed by atoms with Gasteiger partial charge in [-0.1, -0.05) is 0 Å². The van der Waals surface area contributed by atoms with Gasteiger partial charge in [0.15, 0.2) is 0 Å². The Labute approximate surface area is 82.0 Å². The molecule has 1 fully saturated rings. The first-order chi connectivity index (χ1) is 6.66. The van der Waals surface area contributed by atoms with Crippen LogP contribution in [0, 0.1) is 5.92 Å². The van der Waals surface area contributed by atoms with Crippen molar-refractivity contribution in [1.29, 1.82) is 0 Å². The van der Waals surface area contributed by atoms with Crippen LogP contribution in [0.2, 0.25) is 0 Å². The van der Waals surface area contributed by atoms with Crippen LogP contribution in [0.5, 0.6) is 0 Å². The van der Waals surface area contributed by atoms with Gasteiger partial charge in [0.1, 0.15) is 0 Å². The molecule has 1 aromatic rings. The van der Waals surface area contributed by atoms with Crippen molar-refractivity contribution in [2.45, 2.75) is 6.42 Å². The standard InChI is InChI=1S/C9H13N3O2/c1-11-3-2-10-9(11)12-5-7(6-12)4-8(13)14/h2-3,7H,4-6H2,1H3,(H,13,14). The molecule has 0 unspecified atom stereocenters. The topological polar surface area (TPSA) is 58.4 Å². The Morgan fingerprint density at radius 3 is 2.93 bits per heavy atom. The molecule has 14 heavy (non-hydrogen) atoms. The van der Waals surface area contributed by atoms with Gasteiger partial charge in [-0.25, -0.2) is 4.98 Å². The van der Waals surface area contributed by atoms with Crippen LogP contribution in [-0.2, 0) is 11.8 Å². The number of rotatable bonds is 3. The molecule has 0 saturated carbocycles. The Balaban J connectivity index is 1.89. The summed E-state index contributed by atoms with van der Waals surface area (Å²) in [6.45, 7) is 1.61. The average molecular weight is 195 g/mol. The third-order valence-electron chi connectivity index (χ3n) is 2.50. The van der Waals surface area contributed by atoms with E-state index in [-0.39, 0.29) is 12.3 Å². The van der Waals surface area contributed by atoms with Crippen molar-refractivity contribution >= 4 is 11.9 Å². The SMILES string of the molecule is Cn1ccnc1N1CC(CC(=O)O)C1. The van der Waals surface area contributed by atoms with E-state index in [2.05, 4.69) is 9.88 Å². The zero-order valence-electron chi connectivity index (χ0n) is 8.05. The lowest BCUT2D eigenvalue weighted by molar-refractivity contribution is -0.138. The first-order valence-corrected chi connectivity index (χ1v) is 4.61. The van der Waals surface area contributed by atoms with Crippen LogP contribution in [0.4, 0.5) is 5.95 Å². The second-order valence-corrected chi connectivity index (χ2v) is 3.71. The maximum Gasteiger partial charge on any atom is 0.303 e. The molecule has 0 aliphatic carbocycles. The van der Waals surface area contributed by atoms with E-state index in [1.165, 1.54) is 0 Å². The Morgan fingerprint density at radius 1 is 1.71 bits per heavy atom. The maximum atomic E-state index is 10.4. The fourth-order valence-corrected chi connectivity index (χ4v) is 1.77. The molecule has 2 heterocycles. The van der Waals surface area contributed by atoms with Crippen LogP contribution in [-0.4, -0.2) is 33.7 Å². The van der Waals surface area contributed by atoms with Gasteiger partial charge in [0.05, 0.1) is 6.42 Å². The van der Waals surface area contributed by atoms with Crippen molar-refractivity contribution in [3.8, 4) is 0 Å². The number of carbonyl (C=O) groups is 1. The van der Waals surface area contributed by atoms with Gasteiger partial charge in [-0.05, 0) is 0 Å². The Kier molecular flexibility index (Phi) is 2.15. The Morgan fingerprint density at radius 2 is 2.43 bits per heavy atom. The minimum Gasteiger partial charge on any atom is -0.481 e. The Hall–Kier alpha value is -1.52. The van der Waals surface area contributed by atoms with Gasteiger partial charge in [0, 0.05) is 38.4 Å². The minimum atomic E-state index is -0.713. The number of hydrogen-bond acceptors (Lipinski definition) is 3. The van der Waals surface area contributed by atoms with E-state index in [0.29, 0.717) is 0 Å². The number of nitrogens with zero attached hydrogens (tertiary/aromatic N) is 3. The predicted octanol–water partition coefficient (Wildman–Crippen LogP) is 0.331. The summed E-state index contributed by atoms with van der Waals surface area (Å²) in [4.78, 5) is 16.7. The van der Waals surface area contributed by atoms with Gasteiger partial charge in [-0.3, -0.25) is 4.79 Å². The molecule has 1 aliphatic heterocycles. The van der Waals surface area contributed by atoms with Gasteiger partial charge in [0.2, 0.25) is 5.95 Å². The summed E-state index contributed by atoms with van der Waals surface area (Å²) in [5, 5.41) is 8.58. The van der Waals surface area contributed by atoms with Crippen molar-refractivity contribution in [3.05, 3.63) is 12.4 Å². The van der Waals surface area contributed by atoms with E-state index in [9.17, 15) is 4.79 Å². The van der Waals surface area contributed by atoms with E-state index >= 15 is 0 Å². The van der Waals surface area contributed by atoms with Crippen LogP contribution in [0.3, 0.4) is 0 Å². The third kappa shape index (κ3) is 1.57. The number of hydrogen-bond donors (Lipinski definition) is 1. The molecule has 76 valence electrons. The number of carboxylic acids is 1. The molecule has 1 aliphatic rings. The van der Waals surface area contributed by atoms with E-state index in [4.69, 9.17) is 5.11 Å². The van der Waals surface area contributed by atoms with Gasteiger partial charge >= 0.3 is 5.97 Å².